The van der Waals surface area contributed by atoms with Crippen LogP contribution in [0.25, 0.3) is 0 Å². The zero-order valence-corrected chi connectivity index (χ0v) is 10.9. The third-order valence-corrected chi connectivity index (χ3v) is 2.86. The van der Waals surface area contributed by atoms with Crippen molar-refractivity contribution in [2.45, 2.75) is 37.9 Å². The van der Waals surface area contributed by atoms with Gasteiger partial charge in [0.05, 0.1) is 0 Å². The monoisotopic (exact) mass is 216 g/mol. The van der Waals surface area contributed by atoms with Gasteiger partial charge in [-0.25, -0.2) is 0 Å². The number of hydrogen-bond donors (Lipinski definition) is 2. The molecule has 0 rings (SSSR count). The third-order valence-electron chi connectivity index (χ3n) is 2.86. The third kappa shape index (κ3) is 6.84. The molecule has 3 atom stereocenters. The van der Waals surface area contributed by atoms with Crippen LogP contribution in [-0.2, 0) is 0 Å². The Morgan fingerprint density at radius 2 is 1.60 bits per heavy atom. The van der Waals surface area contributed by atoms with E-state index in [0.29, 0.717) is 6.04 Å². The summed E-state index contributed by atoms with van der Waals surface area (Å²) in [6.45, 7) is 3.07. The van der Waals surface area contributed by atoms with Crippen molar-refractivity contribution in [1.82, 2.24) is 9.80 Å². The van der Waals surface area contributed by atoms with Crippen LogP contribution in [0.1, 0.15) is 19.8 Å². The Labute approximate surface area is 94.6 Å². The molecule has 92 valence electrons. The zero-order chi connectivity index (χ0) is 12.0. The Kier molecular flexibility index (Phi) is 7.09. The van der Waals surface area contributed by atoms with Crippen LogP contribution < -0.4 is 11.5 Å². The van der Waals surface area contributed by atoms with Crippen LogP contribution >= 0.6 is 0 Å². The van der Waals surface area contributed by atoms with Crippen LogP contribution in [0.4, 0.5) is 0 Å². The number of nitrogens with zero attached hydrogens (tertiary/aromatic N) is 2. The van der Waals surface area contributed by atoms with Gasteiger partial charge in [0, 0.05) is 18.1 Å². The van der Waals surface area contributed by atoms with Crippen LogP contribution in [0.3, 0.4) is 0 Å². The second-order valence-electron chi connectivity index (χ2n) is 4.97. The van der Waals surface area contributed by atoms with Gasteiger partial charge in [-0.05, 0) is 54.5 Å². The normalized spacial score (nSPS) is 18.2. The summed E-state index contributed by atoms with van der Waals surface area (Å²) in [5.41, 5.74) is 11.8. The smallest absolute Gasteiger partial charge is 0.0204 e. The lowest BCUT2D eigenvalue weighted by Crippen LogP contribution is -2.45. The predicted octanol–water partition coefficient (Wildman–Crippen LogP) is -0.0671. The van der Waals surface area contributed by atoms with Gasteiger partial charge in [0.2, 0.25) is 0 Å². The zero-order valence-electron chi connectivity index (χ0n) is 10.9. The van der Waals surface area contributed by atoms with Gasteiger partial charge < -0.3 is 21.3 Å². The number of rotatable bonds is 7. The van der Waals surface area contributed by atoms with E-state index in [1.54, 1.807) is 0 Å². The number of hydrogen-bond acceptors (Lipinski definition) is 4. The fraction of sp³-hybridized carbons (Fsp3) is 1.00. The first-order chi connectivity index (χ1) is 6.84. The van der Waals surface area contributed by atoms with Gasteiger partial charge in [-0.2, -0.15) is 0 Å². The van der Waals surface area contributed by atoms with Crippen LogP contribution in [-0.4, -0.2) is 62.7 Å². The molecule has 0 aromatic rings. The first-order valence-electron chi connectivity index (χ1n) is 5.67. The summed E-state index contributed by atoms with van der Waals surface area (Å²) in [5.74, 6) is 0. The molecule has 4 N–H and O–H groups in total. The maximum Gasteiger partial charge on any atom is 0.0204 e. The summed E-state index contributed by atoms with van der Waals surface area (Å²) in [7, 11) is 8.40. The van der Waals surface area contributed by atoms with Crippen molar-refractivity contribution in [2.24, 2.45) is 11.5 Å². The average molecular weight is 216 g/mol. The molecule has 0 fully saturated rings. The second kappa shape index (κ2) is 7.17. The van der Waals surface area contributed by atoms with E-state index in [4.69, 9.17) is 11.5 Å². The summed E-state index contributed by atoms with van der Waals surface area (Å²) in [4.78, 5) is 4.44. The van der Waals surface area contributed by atoms with Crippen LogP contribution in [0.15, 0.2) is 0 Å². The highest BCUT2D eigenvalue weighted by Crippen LogP contribution is 2.09. The van der Waals surface area contributed by atoms with Gasteiger partial charge >= 0.3 is 0 Å². The minimum absolute atomic E-state index is 0.0757. The van der Waals surface area contributed by atoms with E-state index in [0.717, 1.165) is 19.4 Å². The molecular formula is C11H28N4. The number of nitrogens with two attached hydrogens (primary N) is 2. The SMILES string of the molecule is CC(N)C(N)CC(CCN(C)C)N(C)C. The summed E-state index contributed by atoms with van der Waals surface area (Å²) in [6, 6.07) is 0.694. The summed E-state index contributed by atoms with van der Waals surface area (Å²) < 4.78 is 0. The predicted molar refractivity (Wildman–Crippen MR) is 66.9 cm³/mol. The molecule has 0 saturated carbocycles. The molecule has 3 unspecified atom stereocenters. The highest BCUT2D eigenvalue weighted by Gasteiger charge is 2.17. The van der Waals surface area contributed by atoms with Crippen molar-refractivity contribution >= 4 is 0 Å². The Hall–Kier alpha value is -0.160. The maximum absolute atomic E-state index is 6.00. The van der Waals surface area contributed by atoms with Crippen molar-refractivity contribution < 1.29 is 0 Å². The summed E-state index contributed by atoms with van der Waals surface area (Å²) >= 11 is 0. The van der Waals surface area contributed by atoms with Gasteiger partial charge in [0.15, 0.2) is 0 Å². The maximum atomic E-state index is 6.00. The van der Waals surface area contributed by atoms with Gasteiger partial charge in [0.25, 0.3) is 0 Å². The highest BCUT2D eigenvalue weighted by atomic mass is 15.1. The average Bonchev–Trinajstić information content (AvgIpc) is 2.10. The van der Waals surface area contributed by atoms with Gasteiger partial charge in [-0.1, -0.05) is 0 Å². The van der Waals surface area contributed by atoms with E-state index in [-0.39, 0.29) is 12.1 Å². The van der Waals surface area contributed by atoms with Crippen molar-refractivity contribution in [3.8, 4) is 0 Å². The van der Waals surface area contributed by atoms with Crippen LogP contribution in [0.2, 0.25) is 0 Å². The Morgan fingerprint density at radius 3 is 1.93 bits per heavy atom. The van der Waals surface area contributed by atoms with Crippen molar-refractivity contribution in [3.63, 3.8) is 0 Å². The Bertz CT molecular complexity index is 157. The molecule has 0 aliphatic carbocycles. The molecule has 0 aliphatic rings. The largest absolute Gasteiger partial charge is 0.327 e. The van der Waals surface area contributed by atoms with E-state index in [9.17, 15) is 0 Å². The van der Waals surface area contributed by atoms with Crippen molar-refractivity contribution in [2.75, 3.05) is 34.7 Å². The molecule has 0 amide bonds. The fourth-order valence-electron chi connectivity index (χ4n) is 1.52. The van der Waals surface area contributed by atoms with Gasteiger partial charge in [0.1, 0.15) is 0 Å². The summed E-state index contributed by atoms with van der Waals surface area (Å²) in [6.07, 6.45) is 2.11. The molecule has 0 aliphatic heterocycles. The van der Waals surface area contributed by atoms with Crippen molar-refractivity contribution in [1.29, 1.82) is 0 Å². The van der Waals surface area contributed by atoms with Gasteiger partial charge in [-0.15, -0.1) is 0 Å². The lowest BCUT2D eigenvalue weighted by molar-refractivity contribution is 0.224. The topological polar surface area (TPSA) is 58.5 Å². The van der Waals surface area contributed by atoms with Crippen LogP contribution in [0, 0.1) is 0 Å². The van der Waals surface area contributed by atoms with E-state index >= 15 is 0 Å². The highest BCUT2D eigenvalue weighted by molar-refractivity contribution is 4.79. The molecule has 0 heterocycles. The fourth-order valence-corrected chi connectivity index (χ4v) is 1.52. The minimum Gasteiger partial charge on any atom is -0.327 e. The standard InChI is InChI=1S/C11H28N4/c1-9(12)11(13)8-10(15(4)5)6-7-14(2)3/h9-11H,6-8,12-13H2,1-5H3. The van der Waals surface area contributed by atoms with E-state index in [1.807, 2.05) is 6.92 Å². The van der Waals surface area contributed by atoms with Crippen LogP contribution in [0.5, 0.6) is 0 Å². The van der Waals surface area contributed by atoms with E-state index < -0.39 is 0 Å². The Balaban J connectivity index is 4.04. The molecule has 0 bridgehead atoms. The lowest BCUT2D eigenvalue weighted by atomic mass is 9.99. The lowest BCUT2D eigenvalue weighted by Gasteiger charge is -2.29. The van der Waals surface area contributed by atoms with Gasteiger partial charge in [-0.3, -0.25) is 0 Å². The molecule has 0 aromatic carbocycles. The van der Waals surface area contributed by atoms with E-state index in [1.165, 1.54) is 0 Å². The molecule has 4 nitrogen and oxygen atoms in total. The minimum atomic E-state index is 0.0757. The van der Waals surface area contributed by atoms with E-state index in [2.05, 4.69) is 38.0 Å². The van der Waals surface area contributed by atoms with Crippen molar-refractivity contribution in [3.05, 3.63) is 0 Å². The molecule has 15 heavy (non-hydrogen) atoms. The first kappa shape index (κ1) is 14.8. The molecule has 0 saturated heterocycles. The summed E-state index contributed by atoms with van der Waals surface area (Å²) in [5, 5.41) is 0. The first-order valence-corrected chi connectivity index (χ1v) is 5.67. The molecule has 0 aromatic heterocycles. The molecular weight excluding hydrogens is 188 g/mol. The molecule has 0 radical (unpaired) electrons. The molecule has 0 spiro atoms. The Morgan fingerprint density at radius 1 is 1.07 bits per heavy atom. The second-order valence-corrected chi connectivity index (χ2v) is 4.97. The molecule has 4 heteroatoms. The quantitative estimate of drug-likeness (QED) is 0.626.